The lowest BCUT2D eigenvalue weighted by atomic mass is 10.2. The van der Waals surface area contributed by atoms with Crippen molar-refractivity contribution in [3.05, 3.63) is 16.7 Å². The summed E-state index contributed by atoms with van der Waals surface area (Å²) in [5.41, 5.74) is 5.73. The van der Waals surface area contributed by atoms with Crippen molar-refractivity contribution in [2.75, 3.05) is 32.4 Å². The van der Waals surface area contributed by atoms with E-state index in [1.165, 1.54) is 16.6 Å². The van der Waals surface area contributed by atoms with Crippen LogP contribution in [0.25, 0.3) is 0 Å². The summed E-state index contributed by atoms with van der Waals surface area (Å²) in [7, 11) is -2.02. The second-order valence-electron chi connectivity index (χ2n) is 5.25. The standard InChI is InChI=1S/C13H21BrN4O2S/c1-3-18-6-4-5-11(18)9-17(2)21(19,20)12-7-10(14)8-16-13(12)15/h7-8,11H,3-6,9H2,1-2H3,(H2,15,16). The summed E-state index contributed by atoms with van der Waals surface area (Å²) in [5, 5.41) is 0. The van der Waals surface area contributed by atoms with Crippen LogP contribution in [-0.4, -0.2) is 55.3 Å². The largest absolute Gasteiger partial charge is 0.383 e. The van der Waals surface area contributed by atoms with Crippen LogP contribution in [0.15, 0.2) is 21.6 Å². The van der Waals surface area contributed by atoms with Gasteiger partial charge in [-0.2, -0.15) is 4.31 Å². The lowest BCUT2D eigenvalue weighted by Crippen LogP contribution is -2.41. The summed E-state index contributed by atoms with van der Waals surface area (Å²) in [5.74, 6) is 0.0313. The molecule has 0 aromatic carbocycles. The van der Waals surface area contributed by atoms with Crippen molar-refractivity contribution >= 4 is 31.8 Å². The van der Waals surface area contributed by atoms with Crippen molar-refractivity contribution in [3.63, 3.8) is 0 Å². The van der Waals surface area contributed by atoms with Crippen molar-refractivity contribution in [1.82, 2.24) is 14.2 Å². The van der Waals surface area contributed by atoms with Gasteiger partial charge in [-0.3, -0.25) is 4.90 Å². The van der Waals surface area contributed by atoms with Crippen LogP contribution >= 0.6 is 15.9 Å². The number of nitrogens with zero attached hydrogens (tertiary/aromatic N) is 3. The number of nitrogens with two attached hydrogens (primary N) is 1. The van der Waals surface area contributed by atoms with Crippen LogP contribution < -0.4 is 5.73 Å². The van der Waals surface area contributed by atoms with Gasteiger partial charge in [0.15, 0.2) is 0 Å². The minimum absolute atomic E-state index is 0.0313. The van der Waals surface area contributed by atoms with Gasteiger partial charge >= 0.3 is 0 Å². The van der Waals surface area contributed by atoms with E-state index in [-0.39, 0.29) is 16.8 Å². The Hall–Kier alpha value is -0.700. The second kappa shape index (κ2) is 6.60. The van der Waals surface area contributed by atoms with Crippen LogP contribution in [0.5, 0.6) is 0 Å². The molecule has 0 bridgehead atoms. The predicted octanol–water partition coefficient (Wildman–Crippen LogP) is 1.53. The van der Waals surface area contributed by atoms with E-state index in [4.69, 9.17) is 5.73 Å². The van der Waals surface area contributed by atoms with Gasteiger partial charge in [0.05, 0.1) is 0 Å². The number of pyridine rings is 1. The first-order valence-corrected chi connectivity index (χ1v) is 9.21. The summed E-state index contributed by atoms with van der Waals surface area (Å²) in [6.45, 7) is 4.56. The summed E-state index contributed by atoms with van der Waals surface area (Å²) in [6, 6.07) is 1.77. The predicted molar refractivity (Wildman–Crippen MR) is 86.4 cm³/mol. The lowest BCUT2D eigenvalue weighted by molar-refractivity contribution is 0.237. The van der Waals surface area contributed by atoms with E-state index in [1.807, 2.05) is 0 Å². The van der Waals surface area contributed by atoms with Gasteiger partial charge in [-0.05, 0) is 47.9 Å². The molecule has 118 valence electrons. The summed E-state index contributed by atoms with van der Waals surface area (Å²) in [4.78, 5) is 6.27. The highest BCUT2D eigenvalue weighted by Crippen LogP contribution is 2.25. The van der Waals surface area contributed by atoms with Gasteiger partial charge in [0, 0.05) is 30.3 Å². The van der Waals surface area contributed by atoms with Gasteiger partial charge in [-0.1, -0.05) is 6.92 Å². The Morgan fingerprint density at radius 3 is 2.95 bits per heavy atom. The zero-order valence-electron chi connectivity index (χ0n) is 12.3. The minimum atomic E-state index is -3.62. The summed E-state index contributed by atoms with van der Waals surface area (Å²) >= 11 is 3.24. The van der Waals surface area contributed by atoms with E-state index >= 15 is 0 Å². The monoisotopic (exact) mass is 376 g/mol. The Kier molecular flexibility index (Phi) is 5.24. The molecule has 6 nitrogen and oxygen atoms in total. The molecular weight excluding hydrogens is 356 g/mol. The molecule has 1 unspecified atom stereocenters. The zero-order valence-corrected chi connectivity index (χ0v) is 14.7. The van der Waals surface area contributed by atoms with Crippen molar-refractivity contribution in [1.29, 1.82) is 0 Å². The molecule has 1 fully saturated rings. The SMILES string of the molecule is CCN1CCCC1CN(C)S(=O)(=O)c1cc(Br)cnc1N. The molecule has 21 heavy (non-hydrogen) atoms. The van der Waals surface area contributed by atoms with Crippen LogP contribution in [0.4, 0.5) is 5.82 Å². The van der Waals surface area contributed by atoms with Crippen molar-refractivity contribution < 1.29 is 8.42 Å². The van der Waals surface area contributed by atoms with Crippen LogP contribution in [0.3, 0.4) is 0 Å². The third-order valence-electron chi connectivity index (χ3n) is 3.91. The van der Waals surface area contributed by atoms with E-state index in [1.54, 1.807) is 7.05 Å². The number of rotatable bonds is 5. The summed E-state index contributed by atoms with van der Waals surface area (Å²) < 4.78 is 27.3. The minimum Gasteiger partial charge on any atom is -0.383 e. The molecule has 1 aliphatic heterocycles. The van der Waals surface area contributed by atoms with Crippen LogP contribution in [0, 0.1) is 0 Å². The molecular formula is C13H21BrN4O2S. The molecule has 2 rings (SSSR count). The van der Waals surface area contributed by atoms with Crippen LogP contribution in [0.2, 0.25) is 0 Å². The Bertz CT molecular complexity index is 608. The van der Waals surface area contributed by atoms with Gasteiger partial charge < -0.3 is 5.73 Å². The maximum atomic E-state index is 12.7. The molecule has 0 radical (unpaired) electrons. The van der Waals surface area contributed by atoms with Crippen molar-refractivity contribution in [3.8, 4) is 0 Å². The smallest absolute Gasteiger partial charge is 0.246 e. The van der Waals surface area contributed by atoms with Crippen LogP contribution in [-0.2, 0) is 10.0 Å². The Balaban J connectivity index is 2.20. The number of likely N-dealkylation sites (N-methyl/N-ethyl adjacent to an activating group) is 2. The number of aromatic nitrogens is 1. The molecule has 0 spiro atoms. The first kappa shape index (κ1) is 16.7. The average molecular weight is 377 g/mol. The number of anilines is 1. The highest BCUT2D eigenvalue weighted by Gasteiger charge is 2.30. The van der Waals surface area contributed by atoms with E-state index in [0.717, 1.165) is 25.9 Å². The second-order valence-corrected chi connectivity index (χ2v) is 8.18. The number of halogens is 1. The van der Waals surface area contributed by atoms with Gasteiger partial charge in [-0.25, -0.2) is 13.4 Å². The lowest BCUT2D eigenvalue weighted by Gasteiger charge is -2.27. The molecule has 1 aromatic rings. The number of hydrogen-bond acceptors (Lipinski definition) is 5. The first-order valence-electron chi connectivity index (χ1n) is 6.97. The highest BCUT2D eigenvalue weighted by atomic mass is 79.9. The van der Waals surface area contributed by atoms with E-state index in [9.17, 15) is 8.42 Å². The van der Waals surface area contributed by atoms with Gasteiger partial charge in [0.1, 0.15) is 10.7 Å². The fourth-order valence-electron chi connectivity index (χ4n) is 2.72. The number of sulfonamides is 1. The van der Waals surface area contributed by atoms with Gasteiger partial charge in [-0.15, -0.1) is 0 Å². The molecule has 0 aliphatic carbocycles. The maximum Gasteiger partial charge on any atom is 0.246 e. The quantitative estimate of drug-likeness (QED) is 0.842. The number of hydrogen-bond donors (Lipinski definition) is 1. The molecule has 2 heterocycles. The zero-order chi connectivity index (χ0) is 15.6. The Labute approximate surface area is 134 Å². The van der Waals surface area contributed by atoms with E-state index in [0.29, 0.717) is 11.0 Å². The van der Waals surface area contributed by atoms with Crippen molar-refractivity contribution in [2.45, 2.75) is 30.7 Å². The van der Waals surface area contributed by atoms with Gasteiger partial charge in [0.2, 0.25) is 10.0 Å². The molecule has 1 aliphatic rings. The molecule has 1 aromatic heterocycles. The number of likely N-dealkylation sites (tertiary alicyclic amines) is 1. The van der Waals surface area contributed by atoms with Crippen molar-refractivity contribution in [2.24, 2.45) is 0 Å². The molecule has 1 atom stereocenters. The third-order valence-corrected chi connectivity index (χ3v) is 6.20. The van der Waals surface area contributed by atoms with E-state index in [2.05, 4.69) is 32.7 Å². The Morgan fingerprint density at radius 2 is 2.29 bits per heavy atom. The topological polar surface area (TPSA) is 79.5 Å². The fourth-order valence-corrected chi connectivity index (χ4v) is 4.50. The van der Waals surface area contributed by atoms with E-state index < -0.39 is 10.0 Å². The Morgan fingerprint density at radius 1 is 1.57 bits per heavy atom. The molecule has 2 N–H and O–H groups in total. The highest BCUT2D eigenvalue weighted by molar-refractivity contribution is 9.10. The normalized spacial score (nSPS) is 20.3. The first-order chi connectivity index (χ1) is 9.86. The third kappa shape index (κ3) is 3.56. The fraction of sp³-hybridized carbons (Fsp3) is 0.615. The maximum absolute atomic E-state index is 12.7. The summed E-state index contributed by atoms with van der Waals surface area (Å²) in [6.07, 6.45) is 3.64. The molecule has 0 amide bonds. The number of nitrogen functional groups attached to an aromatic ring is 1. The molecule has 8 heteroatoms. The molecule has 0 saturated carbocycles. The van der Waals surface area contributed by atoms with Gasteiger partial charge in [0.25, 0.3) is 0 Å². The van der Waals surface area contributed by atoms with Crippen LogP contribution in [0.1, 0.15) is 19.8 Å². The molecule has 1 saturated heterocycles. The average Bonchev–Trinajstić information content (AvgIpc) is 2.88.